The number of likely N-dealkylation sites (N-methyl/N-ethyl adjacent to an activating group) is 1. The molecule has 1 aromatic heterocycles. The largest absolute Gasteiger partial charge is 0.454 e. The number of rotatable bonds is 6. The van der Waals surface area contributed by atoms with E-state index >= 15 is 0 Å². The first-order chi connectivity index (χ1) is 16.0. The molecule has 3 amide bonds. The molecule has 1 aromatic carbocycles. The van der Waals surface area contributed by atoms with E-state index in [4.69, 9.17) is 21.1 Å². The number of nitrogens with zero attached hydrogens (tertiary/aromatic N) is 4. The predicted octanol–water partition coefficient (Wildman–Crippen LogP) is 3.33. The molecule has 1 spiro atoms. The van der Waals surface area contributed by atoms with Gasteiger partial charge in [-0.2, -0.15) is 0 Å². The van der Waals surface area contributed by atoms with Crippen LogP contribution in [-0.2, 0) is 17.8 Å². The van der Waals surface area contributed by atoms with Crippen LogP contribution < -0.4 is 9.47 Å². The molecule has 0 bridgehead atoms. The van der Waals surface area contributed by atoms with Crippen LogP contribution in [0.5, 0.6) is 11.5 Å². The van der Waals surface area contributed by atoms with E-state index < -0.39 is 5.54 Å². The summed E-state index contributed by atoms with van der Waals surface area (Å²) in [6.07, 6.45) is 6.28. The summed E-state index contributed by atoms with van der Waals surface area (Å²) in [5, 5.41) is 0.643. The van der Waals surface area contributed by atoms with Crippen LogP contribution in [0.15, 0.2) is 36.7 Å². The number of piperidine rings is 1. The van der Waals surface area contributed by atoms with E-state index in [1.54, 1.807) is 30.4 Å². The summed E-state index contributed by atoms with van der Waals surface area (Å²) >= 11 is 6.45. The van der Waals surface area contributed by atoms with Gasteiger partial charge >= 0.3 is 6.03 Å². The van der Waals surface area contributed by atoms with E-state index in [1.807, 2.05) is 18.2 Å². The van der Waals surface area contributed by atoms with Crippen LogP contribution in [0.3, 0.4) is 0 Å². The zero-order valence-corrected chi connectivity index (χ0v) is 19.4. The highest BCUT2D eigenvalue weighted by Gasteiger charge is 2.56. The zero-order chi connectivity index (χ0) is 23.0. The van der Waals surface area contributed by atoms with Gasteiger partial charge in [-0.1, -0.05) is 11.6 Å². The number of pyridine rings is 1. The molecule has 0 saturated carbocycles. The van der Waals surface area contributed by atoms with Crippen molar-refractivity contribution in [2.45, 2.75) is 37.8 Å². The molecule has 5 rings (SSSR count). The van der Waals surface area contributed by atoms with Crippen molar-refractivity contribution in [3.63, 3.8) is 0 Å². The summed E-state index contributed by atoms with van der Waals surface area (Å²) in [4.78, 5) is 35.7. The second-order valence-electron chi connectivity index (χ2n) is 8.86. The van der Waals surface area contributed by atoms with Gasteiger partial charge in [-0.15, -0.1) is 0 Å². The zero-order valence-electron chi connectivity index (χ0n) is 18.6. The predicted molar refractivity (Wildman–Crippen MR) is 122 cm³/mol. The minimum absolute atomic E-state index is 0.0644. The van der Waals surface area contributed by atoms with Crippen LogP contribution in [0.2, 0.25) is 5.02 Å². The molecule has 2 saturated heterocycles. The maximum absolute atomic E-state index is 13.4. The minimum atomic E-state index is -0.747. The highest BCUT2D eigenvalue weighted by atomic mass is 35.5. The van der Waals surface area contributed by atoms with Gasteiger partial charge in [0.15, 0.2) is 11.5 Å². The number of halogens is 1. The van der Waals surface area contributed by atoms with Gasteiger partial charge in [0.25, 0.3) is 5.91 Å². The lowest BCUT2D eigenvalue weighted by atomic mass is 9.86. The Hall–Kier alpha value is -2.84. The number of aryl methyl sites for hydroxylation is 1. The number of carbonyl (C=O) groups excluding carboxylic acids is 2. The molecular weight excluding hydrogens is 444 g/mol. The van der Waals surface area contributed by atoms with Crippen LogP contribution in [-0.4, -0.2) is 70.6 Å². The highest BCUT2D eigenvalue weighted by Crippen LogP contribution is 2.39. The lowest BCUT2D eigenvalue weighted by Crippen LogP contribution is -2.55. The molecule has 0 unspecified atom stereocenters. The maximum atomic E-state index is 13.4. The standard InChI is InChI=1S/C24H27ClN4O4/c1-27-23(31)29(10-2-3-17-4-8-26-9-5-17)22(30)24(27)6-11-28(12-7-24)15-18-13-20-21(14-19(18)25)33-16-32-20/h4-5,8-9,13-14H,2-3,6-7,10-12,15-16H2,1H3. The van der Waals surface area contributed by atoms with Crippen LogP contribution in [0.25, 0.3) is 0 Å². The molecule has 9 heteroatoms. The second-order valence-corrected chi connectivity index (χ2v) is 9.27. The number of carbonyl (C=O) groups is 2. The Morgan fingerprint density at radius 3 is 2.52 bits per heavy atom. The van der Waals surface area contributed by atoms with Gasteiger partial charge in [-0.25, -0.2) is 4.79 Å². The molecule has 4 heterocycles. The van der Waals surface area contributed by atoms with Crippen molar-refractivity contribution >= 4 is 23.5 Å². The molecule has 8 nitrogen and oxygen atoms in total. The van der Waals surface area contributed by atoms with Crippen LogP contribution >= 0.6 is 11.6 Å². The van der Waals surface area contributed by atoms with E-state index in [9.17, 15) is 9.59 Å². The van der Waals surface area contributed by atoms with Gasteiger partial charge in [-0.3, -0.25) is 19.6 Å². The Labute approximate surface area is 198 Å². The number of amides is 3. The molecule has 0 radical (unpaired) electrons. The molecule has 3 aliphatic rings. The first kappa shape index (κ1) is 22.0. The van der Waals surface area contributed by atoms with Gasteiger partial charge in [0.2, 0.25) is 6.79 Å². The number of fused-ring (bicyclic) bond motifs is 1. The molecule has 2 fully saturated rings. The number of ether oxygens (including phenoxy) is 2. The Kier molecular flexibility index (Phi) is 5.88. The van der Waals surface area contributed by atoms with Gasteiger partial charge in [-0.05, 0) is 55.0 Å². The molecular formula is C24H27ClN4O4. The summed E-state index contributed by atoms with van der Waals surface area (Å²) in [6.45, 7) is 2.72. The fourth-order valence-corrected chi connectivity index (χ4v) is 5.20. The fourth-order valence-electron chi connectivity index (χ4n) is 4.99. The molecule has 2 aromatic rings. The summed E-state index contributed by atoms with van der Waals surface area (Å²) in [5.74, 6) is 1.31. The quantitative estimate of drug-likeness (QED) is 0.603. The van der Waals surface area contributed by atoms with Crippen molar-refractivity contribution in [3.05, 3.63) is 52.8 Å². The number of hydrogen-bond acceptors (Lipinski definition) is 6. The second kappa shape index (κ2) is 8.83. The number of likely N-dealkylation sites (tertiary alicyclic amines) is 1. The lowest BCUT2D eigenvalue weighted by Gasteiger charge is -2.40. The molecule has 174 valence electrons. The van der Waals surface area contributed by atoms with E-state index in [0.717, 1.165) is 24.0 Å². The van der Waals surface area contributed by atoms with Crippen LogP contribution in [0.1, 0.15) is 30.4 Å². The van der Waals surface area contributed by atoms with Crippen LogP contribution in [0, 0.1) is 0 Å². The fraction of sp³-hybridized carbons (Fsp3) is 0.458. The Balaban J connectivity index is 1.20. The SMILES string of the molecule is CN1C(=O)N(CCCc2ccncc2)C(=O)C12CCN(Cc1cc3c(cc1Cl)OCO3)CC2. The topological polar surface area (TPSA) is 75.2 Å². The van der Waals surface area contributed by atoms with Crippen LogP contribution in [0.4, 0.5) is 4.79 Å². The third kappa shape index (κ3) is 4.02. The van der Waals surface area contributed by atoms with Gasteiger partial charge in [0.1, 0.15) is 5.54 Å². The van der Waals surface area contributed by atoms with Crippen molar-refractivity contribution in [1.29, 1.82) is 0 Å². The maximum Gasteiger partial charge on any atom is 0.327 e. The number of benzene rings is 1. The summed E-state index contributed by atoms with van der Waals surface area (Å²) in [6, 6.07) is 7.45. The van der Waals surface area contributed by atoms with Crippen molar-refractivity contribution in [1.82, 2.24) is 19.7 Å². The van der Waals surface area contributed by atoms with E-state index in [0.29, 0.717) is 55.5 Å². The third-order valence-corrected chi connectivity index (χ3v) is 7.37. The lowest BCUT2D eigenvalue weighted by molar-refractivity contribution is -0.135. The number of hydrogen-bond donors (Lipinski definition) is 0. The van der Waals surface area contributed by atoms with Gasteiger partial charge < -0.3 is 14.4 Å². The van der Waals surface area contributed by atoms with E-state index in [1.165, 1.54) is 4.90 Å². The van der Waals surface area contributed by atoms with E-state index in [2.05, 4.69) is 9.88 Å². The molecule has 3 aliphatic heterocycles. The first-order valence-corrected chi connectivity index (χ1v) is 11.6. The first-order valence-electron chi connectivity index (χ1n) is 11.3. The van der Waals surface area contributed by atoms with Gasteiger partial charge in [0.05, 0.1) is 0 Å². The van der Waals surface area contributed by atoms with Crippen molar-refractivity contribution in [2.24, 2.45) is 0 Å². The Morgan fingerprint density at radius 1 is 1.09 bits per heavy atom. The van der Waals surface area contributed by atoms with Crippen molar-refractivity contribution in [3.8, 4) is 11.5 Å². The monoisotopic (exact) mass is 470 g/mol. The molecule has 0 N–H and O–H groups in total. The van der Waals surface area contributed by atoms with Crippen molar-refractivity contribution < 1.29 is 19.1 Å². The summed E-state index contributed by atoms with van der Waals surface area (Å²) < 4.78 is 10.9. The number of urea groups is 1. The normalized spacial score (nSPS) is 19.7. The number of imide groups is 1. The Morgan fingerprint density at radius 2 is 1.79 bits per heavy atom. The summed E-state index contributed by atoms with van der Waals surface area (Å²) in [5.41, 5.74) is 1.38. The minimum Gasteiger partial charge on any atom is -0.454 e. The average molecular weight is 471 g/mol. The third-order valence-electron chi connectivity index (χ3n) is 7.02. The highest BCUT2D eigenvalue weighted by molar-refractivity contribution is 6.31. The summed E-state index contributed by atoms with van der Waals surface area (Å²) in [7, 11) is 1.76. The smallest absolute Gasteiger partial charge is 0.327 e. The average Bonchev–Trinajstić information content (AvgIpc) is 3.34. The Bertz CT molecular complexity index is 1060. The van der Waals surface area contributed by atoms with Crippen molar-refractivity contribution in [2.75, 3.05) is 33.5 Å². The van der Waals surface area contributed by atoms with E-state index in [-0.39, 0.29) is 18.7 Å². The molecule has 0 aliphatic carbocycles. The van der Waals surface area contributed by atoms with Gasteiger partial charge in [0, 0.05) is 56.7 Å². The molecule has 0 atom stereocenters. The molecule has 33 heavy (non-hydrogen) atoms. The number of aromatic nitrogens is 1.